The average Bonchev–Trinajstić information content (AvgIpc) is 2.39. The molecule has 0 aliphatic rings. The maximum atomic E-state index is 11.7. The molecule has 0 fully saturated rings. The number of hydrogen-bond donors (Lipinski definition) is 1. The molecule has 0 atom stereocenters. The number of benzene rings is 1. The van der Waals surface area contributed by atoms with Crippen LogP contribution in [0.1, 0.15) is 53.0 Å². The van der Waals surface area contributed by atoms with Gasteiger partial charge in [-0.25, -0.2) is 0 Å². The van der Waals surface area contributed by atoms with Gasteiger partial charge < -0.3 is 9.84 Å². The predicted octanol–water partition coefficient (Wildman–Crippen LogP) is 5.49. The Morgan fingerprint density at radius 2 is 1.64 bits per heavy atom. The second-order valence-electron chi connectivity index (χ2n) is 5.57. The van der Waals surface area contributed by atoms with E-state index in [9.17, 15) is 8.20 Å². The minimum absolute atomic E-state index is 0. The molecule has 0 saturated carbocycles. The molecule has 1 aromatic carbocycles. The van der Waals surface area contributed by atoms with Crippen LogP contribution in [-0.4, -0.2) is 16.0 Å². The summed E-state index contributed by atoms with van der Waals surface area (Å²) in [6, 6.07) is 5.32. The van der Waals surface area contributed by atoms with Gasteiger partial charge in [0, 0.05) is 6.07 Å². The zero-order valence-corrected chi connectivity index (χ0v) is 17.4. The van der Waals surface area contributed by atoms with E-state index in [0.29, 0.717) is 5.75 Å². The Morgan fingerprint density at radius 1 is 1.14 bits per heavy atom. The van der Waals surface area contributed by atoms with Crippen molar-refractivity contribution in [1.82, 2.24) is 0 Å². The second kappa shape index (κ2) is 13.4. The first-order valence-corrected chi connectivity index (χ1v) is 8.25. The first-order valence-electron chi connectivity index (χ1n) is 6.88. The quantitative estimate of drug-likeness (QED) is 0.692. The summed E-state index contributed by atoms with van der Waals surface area (Å²) in [5.74, 6) is 0.953. The SMILES string of the molecule is CC[C](CC)=[Ti][F].COc1cc(O)cc(C(C)(C)C)c1.Cl.Cl. The molecule has 129 valence electrons. The summed E-state index contributed by atoms with van der Waals surface area (Å²) in [5.41, 5.74) is 1.11. The van der Waals surface area contributed by atoms with Crippen molar-refractivity contribution >= 4 is 28.6 Å². The molecule has 22 heavy (non-hydrogen) atoms. The van der Waals surface area contributed by atoms with Crippen molar-refractivity contribution in [1.29, 1.82) is 0 Å². The van der Waals surface area contributed by atoms with Crippen molar-refractivity contribution in [3.8, 4) is 11.5 Å². The maximum Gasteiger partial charge on any atom is 0.122 e. The molecule has 0 heterocycles. The van der Waals surface area contributed by atoms with Gasteiger partial charge in [0.15, 0.2) is 0 Å². The van der Waals surface area contributed by atoms with Crippen LogP contribution in [0.5, 0.6) is 11.5 Å². The van der Waals surface area contributed by atoms with Gasteiger partial charge in [0.1, 0.15) is 11.5 Å². The van der Waals surface area contributed by atoms with Gasteiger partial charge >= 0.3 is 52.8 Å². The summed E-state index contributed by atoms with van der Waals surface area (Å²) >= 11 is -1.15. The van der Waals surface area contributed by atoms with Crippen LogP contribution in [0, 0.1) is 0 Å². The molecule has 0 spiro atoms. The zero-order chi connectivity index (χ0) is 15.8. The van der Waals surface area contributed by atoms with Crippen molar-refractivity contribution in [2.75, 3.05) is 7.11 Å². The van der Waals surface area contributed by atoms with Crippen LogP contribution >= 0.6 is 24.8 Å². The van der Waals surface area contributed by atoms with Gasteiger partial charge in [0.2, 0.25) is 0 Å². The number of methoxy groups -OCH3 is 1. The van der Waals surface area contributed by atoms with E-state index in [1.165, 1.54) is 0 Å². The minimum atomic E-state index is -1.15. The Morgan fingerprint density at radius 3 is 1.91 bits per heavy atom. The van der Waals surface area contributed by atoms with Crippen molar-refractivity contribution in [3.63, 3.8) is 0 Å². The largest absolute Gasteiger partial charge is 0.508 e. The average molecular weight is 390 g/mol. The minimum Gasteiger partial charge on any atom is -0.508 e. The van der Waals surface area contributed by atoms with Crippen molar-refractivity contribution in [2.24, 2.45) is 0 Å². The number of phenolic OH excluding ortho intramolecular Hbond substituents is 1. The second-order valence-corrected chi connectivity index (χ2v) is 6.97. The molecule has 0 amide bonds. The summed E-state index contributed by atoms with van der Waals surface area (Å²) < 4.78 is 18.0. The normalized spacial score (nSPS) is 9.23. The Labute approximate surface area is 155 Å². The monoisotopic (exact) mass is 389 g/mol. The van der Waals surface area contributed by atoms with E-state index in [2.05, 4.69) is 20.8 Å². The molecule has 0 aliphatic carbocycles. The van der Waals surface area contributed by atoms with E-state index >= 15 is 0 Å². The van der Waals surface area contributed by atoms with Crippen LogP contribution in [-0.2, 0) is 24.6 Å². The van der Waals surface area contributed by atoms with Gasteiger partial charge in [-0.2, -0.15) is 0 Å². The molecule has 0 saturated heterocycles. The summed E-state index contributed by atoms with van der Waals surface area (Å²) in [6.45, 7) is 10.3. The summed E-state index contributed by atoms with van der Waals surface area (Å²) in [6.07, 6.45) is 1.90. The van der Waals surface area contributed by atoms with E-state index < -0.39 is 19.2 Å². The molecule has 2 nitrogen and oxygen atoms in total. The molecule has 1 N–H and O–H groups in total. The van der Waals surface area contributed by atoms with Crippen molar-refractivity contribution in [3.05, 3.63) is 23.8 Å². The number of ether oxygens (including phenoxy) is 1. The van der Waals surface area contributed by atoms with Crippen LogP contribution in [0.15, 0.2) is 18.2 Å². The molecule has 1 rings (SSSR count). The molecule has 6 heteroatoms. The first-order chi connectivity index (χ1) is 9.28. The van der Waals surface area contributed by atoms with Crippen molar-refractivity contribution < 1.29 is 32.2 Å². The standard InChI is InChI=1S/C11H16O2.C5H10.2ClH.FH.Ti/c1-11(2,3)8-5-9(12)7-10(6-8)13-4;1-3-5-4-2;;;;/h5-7,12H,1-4H3;3-4H2,1-2H3;3*1H;/q;;;;;+1/p-1. The molecule has 1 aromatic rings. The molecule has 0 aromatic heterocycles. The van der Waals surface area contributed by atoms with Gasteiger partial charge in [-0.3, -0.25) is 0 Å². The number of halogens is 3. The third-order valence-electron chi connectivity index (χ3n) is 2.98. The van der Waals surface area contributed by atoms with Crippen LogP contribution in [0.3, 0.4) is 0 Å². The fraction of sp³-hybridized carbons (Fsp3) is 0.562. The van der Waals surface area contributed by atoms with Gasteiger partial charge in [0.05, 0.1) is 7.11 Å². The van der Waals surface area contributed by atoms with Gasteiger partial charge in [-0.15, -0.1) is 24.8 Å². The van der Waals surface area contributed by atoms with Gasteiger partial charge in [-0.1, -0.05) is 20.8 Å². The molecular weight excluding hydrogens is 362 g/mol. The summed E-state index contributed by atoms with van der Waals surface area (Å²) in [7, 11) is 1.60. The molecule has 0 radical (unpaired) electrons. The van der Waals surface area contributed by atoms with E-state index in [-0.39, 0.29) is 36.0 Å². The maximum absolute atomic E-state index is 11.7. The zero-order valence-electron chi connectivity index (χ0n) is 14.2. The Kier molecular flexibility index (Phi) is 16.3. The first kappa shape index (κ1) is 26.8. The van der Waals surface area contributed by atoms with Crippen LogP contribution in [0.2, 0.25) is 0 Å². The topological polar surface area (TPSA) is 29.5 Å². The Hall–Kier alpha value is -0.0857. The van der Waals surface area contributed by atoms with Crippen LogP contribution in [0.25, 0.3) is 0 Å². The third kappa shape index (κ3) is 10.6. The Bertz CT molecular complexity index is 440. The van der Waals surface area contributed by atoms with Gasteiger partial charge in [-0.05, 0) is 23.1 Å². The van der Waals surface area contributed by atoms with E-state index in [4.69, 9.17) is 4.74 Å². The molecule has 0 bridgehead atoms. The van der Waals surface area contributed by atoms with Gasteiger partial charge in [0.25, 0.3) is 0 Å². The fourth-order valence-electron chi connectivity index (χ4n) is 1.52. The molecule has 0 unspecified atom stereocenters. The van der Waals surface area contributed by atoms with Crippen molar-refractivity contribution in [2.45, 2.75) is 52.9 Å². The number of rotatable bonds is 3. The Balaban J connectivity index is -0.000000350. The predicted molar refractivity (Wildman–Crippen MR) is 94.6 cm³/mol. The smallest absolute Gasteiger partial charge is 0.122 e. The van der Waals surface area contributed by atoms with Crippen LogP contribution < -0.4 is 4.74 Å². The number of aromatic hydroxyl groups is 1. The van der Waals surface area contributed by atoms with E-state index in [0.717, 1.165) is 22.2 Å². The fourth-order valence-corrected chi connectivity index (χ4v) is 1.94. The van der Waals surface area contributed by atoms with Crippen LogP contribution in [0.4, 0.5) is 3.09 Å². The molecule has 0 aliphatic heterocycles. The number of hydrogen-bond acceptors (Lipinski definition) is 2. The third-order valence-corrected chi connectivity index (χ3v) is 4.50. The summed E-state index contributed by atoms with van der Waals surface area (Å²) in [5, 5.41) is 9.41. The number of phenols is 1. The van der Waals surface area contributed by atoms with E-state index in [1.807, 2.05) is 19.9 Å². The van der Waals surface area contributed by atoms with E-state index in [1.54, 1.807) is 19.2 Å². The molecular formula is C16H28Cl2FO2Ti. The summed E-state index contributed by atoms with van der Waals surface area (Å²) in [4.78, 5) is 0.